The summed E-state index contributed by atoms with van der Waals surface area (Å²) in [7, 11) is 1.87. The summed E-state index contributed by atoms with van der Waals surface area (Å²) in [4.78, 5) is 16.9. The molecule has 9 heteroatoms. The van der Waals surface area contributed by atoms with Gasteiger partial charge in [-0.15, -0.1) is 0 Å². The van der Waals surface area contributed by atoms with Crippen LogP contribution in [0, 0.1) is 5.41 Å². The molecule has 37 heavy (non-hydrogen) atoms. The van der Waals surface area contributed by atoms with Crippen molar-refractivity contribution in [2.24, 2.45) is 5.41 Å². The number of piperidine rings is 1. The molecule has 1 aliphatic carbocycles. The van der Waals surface area contributed by atoms with Crippen molar-refractivity contribution in [1.82, 2.24) is 20.3 Å². The van der Waals surface area contributed by atoms with E-state index >= 15 is 0 Å². The van der Waals surface area contributed by atoms with Crippen molar-refractivity contribution in [3.63, 3.8) is 0 Å². The van der Waals surface area contributed by atoms with Crippen molar-refractivity contribution in [3.8, 4) is 0 Å². The van der Waals surface area contributed by atoms with Crippen molar-refractivity contribution in [1.29, 1.82) is 0 Å². The maximum Gasteiger partial charge on any atom is 0.147 e. The molecule has 1 saturated carbocycles. The number of nitrogens with two attached hydrogens (primary N) is 1. The molecular weight excluding hydrogens is 502 g/mol. The molecular formula is C28H34ClN7S. The Kier molecular flexibility index (Phi) is 7.76. The predicted octanol–water partition coefficient (Wildman–Crippen LogP) is 6.22. The SMILES string of the molecule is C=C(NCc1cccnc1N)c1c(NC)ccc(Sc2cnc(N3CCC4(CCCC4)CC3)cn2)c1Cl. The highest BCUT2D eigenvalue weighted by atomic mass is 35.5. The summed E-state index contributed by atoms with van der Waals surface area (Å²) in [6, 6.07) is 7.80. The molecule has 2 fully saturated rings. The highest BCUT2D eigenvalue weighted by Gasteiger charge is 2.37. The van der Waals surface area contributed by atoms with Gasteiger partial charge in [0.25, 0.3) is 0 Å². The number of aromatic nitrogens is 3. The van der Waals surface area contributed by atoms with Crippen LogP contribution >= 0.6 is 23.4 Å². The van der Waals surface area contributed by atoms with E-state index in [1.165, 1.54) is 50.3 Å². The van der Waals surface area contributed by atoms with E-state index in [1.807, 2.05) is 43.7 Å². The Morgan fingerprint density at radius 3 is 2.57 bits per heavy atom. The number of nitrogens with one attached hydrogen (secondary N) is 2. The Hall–Kier alpha value is -2.97. The Bertz CT molecular complexity index is 1250. The van der Waals surface area contributed by atoms with Crippen molar-refractivity contribution in [2.45, 2.75) is 55.0 Å². The Labute approximate surface area is 228 Å². The number of nitrogens with zero attached hydrogens (tertiary/aromatic N) is 4. The van der Waals surface area contributed by atoms with Gasteiger partial charge in [-0.25, -0.2) is 15.0 Å². The lowest BCUT2D eigenvalue weighted by Crippen LogP contribution is -2.39. The monoisotopic (exact) mass is 535 g/mol. The quantitative estimate of drug-likeness (QED) is 0.313. The second-order valence-corrected chi connectivity index (χ2v) is 11.4. The molecule has 5 rings (SSSR count). The highest BCUT2D eigenvalue weighted by Crippen LogP contribution is 2.46. The molecule has 2 aromatic heterocycles. The summed E-state index contributed by atoms with van der Waals surface area (Å²) in [6.07, 6.45) is 13.6. The summed E-state index contributed by atoms with van der Waals surface area (Å²) in [5.41, 5.74) is 9.89. The number of nitrogen functional groups attached to an aromatic ring is 1. The standard InChI is InChI=1S/C28H34ClN7S/c1-19(33-16-20-6-5-13-32-27(20)30)25-21(31-2)7-8-22(26(25)29)37-24-18-34-23(17-35-24)36-14-11-28(12-15-36)9-3-4-10-28/h5-8,13,17-18,31,33H,1,3-4,9-12,14-16H2,2H3,(H2,30,32). The molecule has 1 spiro atoms. The van der Waals surface area contributed by atoms with Crippen LogP contribution < -0.4 is 21.3 Å². The molecule has 4 N–H and O–H groups in total. The van der Waals surface area contributed by atoms with Crippen LogP contribution in [-0.2, 0) is 6.54 Å². The molecule has 2 aliphatic rings. The van der Waals surface area contributed by atoms with Crippen LogP contribution in [0.4, 0.5) is 17.3 Å². The maximum atomic E-state index is 6.91. The highest BCUT2D eigenvalue weighted by molar-refractivity contribution is 7.99. The summed E-state index contributed by atoms with van der Waals surface area (Å²) in [5, 5.41) is 7.97. The second-order valence-electron chi connectivity index (χ2n) is 9.94. The van der Waals surface area contributed by atoms with E-state index in [0.717, 1.165) is 45.6 Å². The molecule has 0 radical (unpaired) electrons. The lowest BCUT2D eigenvalue weighted by atomic mass is 9.77. The van der Waals surface area contributed by atoms with Gasteiger partial charge in [0.1, 0.15) is 16.7 Å². The fourth-order valence-corrected chi connectivity index (χ4v) is 6.66. The van der Waals surface area contributed by atoms with Gasteiger partial charge in [-0.1, -0.05) is 48.8 Å². The molecule has 3 heterocycles. The Morgan fingerprint density at radius 2 is 1.89 bits per heavy atom. The van der Waals surface area contributed by atoms with Gasteiger partial charge < -0.3 is 21.3 Å². The molecule has 7 nitrogen and oxygen atoms in total. The fourth-order valence-electron chi connectivity index (χ4n) is 5.50. The number of anilines is 3. The first-order valence-electron chi connectivity index (χ1n) is 12.9. The van der Waals surface area contributed by atoms with Gasteiger partial charge in [-0.3, -0.25) is 0 Å². The van der Waals surface area contributed by atoms with Crippen LogP contribution in [0.25, 0.3) is 5.70 Å². The minimum absolute atomic E-state index is 0.497. The molecule has 0 unspecified atom stereocenters. The Balaban J connectivity index is 1.26. The zero-order chi connectivity index (χ0) is 25.8. The van der Waals surface area contributed by atoms with E-state index in [-0.39, 0.29) is 0 Å². The normalized spacial score (nSPS) is 16.6. The minimum Gasteiger partial charge on any atom is -0.388 e. The fraction of sp³-hybridized carbons (Fsp3) is 0.393. The summed E-state index contributed by atoms with van der Waals surface area (Å²) in [5.74, 6) is 1.46. The zero-order valence-corrected chi connectivity index (χ0v) is 22.8. The average molecular weight is 536 g/mol. The van der Waals surface area contributed by atoms with E-state index in [2.05, 4.69) is 27.1 Å². The third kappa shape index (κ3) is 5.65. The lowest BCUT2D eigenvalue weighted by Gasteiger charge is -2.39. The van der Waals surface area contributed by atoms with E-state index in [0.29, 0.717) is 28.5 Å². The molecule has 0 atom stereocenters. The van der Waals surface area contributed by atoms with Crippen LogP contribution in [0.3, 0.4) is 0 Å². The number of halogens is 1. The maximum absolute atomic E-state index is 6.91. The topological polar surface area (TPSA) is 92.0 Å². The van der Waals surface area contributed by atoms with Gasteiger partial charge >= 0.3 is 0 Å². The number of rotatable bonds is 8. The largest absolute Gasteiger partial charge is 0.388 e. The molecule has 0 amide bonds. The van der Waals surface area contributed by atoms with Crippen LogP contribution in [-0.4, -0.2) is 35.1 Å². The minimum atomic E-state index is 0.497. The van der Waals surface area contributed by atoms with E-state index in [1.54, 1.807) is 6.20 Å². The second kappa shape index (κ2) is 11.2. The van der Waals surface area contributed by atoms with Gasteiger partial charge in [0.15, 0.2) is 0 Å². The van der Waals surface area contributed by atoms with Crippen LogP contribution in [0.15, 0.2) is 59.4 Å². The predicted molar refractivity (Wildman–Crippen MR) is 154 cm³/mol. The average Bonchev–Trinajstić information content (AvgIpc) is 3.37. The van der Waals surface area contributed by atoms with Gasteiger partial charge in [0.05, 0.1) is 17.4 Å². The Morgan fingerprint density at radius 1 is 1.11 bits per heavy atom. The first-order chi connectivity index (χ1) is 18.0. The van der Waals surface area contributed by atoms with Crippen molar-refractivity contribution in [2.75, 3.05) is 36.1 Å². The van der Waals surface area contributed by atoms with Gasteiger partial charge in [-0.05, 0) is 49.3 Å². The zero-order valence-electron chi connectivity index (χ0n) is 21.3. The molecule has 1 aromatic carbocycles. The van der Waals surface area contributed by atoms with Crippen LogP contribution in [0.5, 0.6) is 0 Å². The lowest BCUT2D eigenvalue weighted by molar-refractivity contribution is 0.226. The molecule has 1 saturated heterocycles. The molecule has 0 bridgehead atoms. The van der Waals surface area contributed by atoms with Crippen molar-refractivity contribution in [3.05, 3.63) is 65.6 Å². The summed E-state index contributed by atoms with van der Waals surface area (Å²) >= 11 is 8.41. The number of hydrogen-bond acceptors (Lipinski definition) is 8. The molecule has 3 aromatic rings. The number of hydrogen-bond donors (Lipinski definition) is 3. The first-order valence-corrected chi connectivity index (χ1v) is 14.1. The number of pyridine rings is 1. The first kappa shape index (κ1) is 25.7. The van der Waals surface area contributed by atoms with E-state index in [4.69, 9.17) is 27.3 Å². The van der Waals surface area contributed by atoms with Crippen molar-refractivity contribution >= 4 is 46.4 Å². The van der Waals surface area contributed by atoms with E-state index in [9.17, 15) is 0 Å². The third-order valence-electron chi connectivity index (χ3n) is 7.74. The summed E-state index contributed by atoms with van der Waals surface area (Å²) < 4.78 is 0. The molecule has 1 aliphatic heterocycles. The van der Waals surface area contributed by atoms with Crippen molar-refractivity contribution < 1.29 is 0 Å². The van der Waals surface area contributed by atoms with Gasteiger partial charge in [-0.2, -0.15) is 0 Å². The summed E-state index contributed by atoms with van der Waals surface area (Å²) in [6.45, 7) is 6.88. The third-order valence-corrected chi connectivity index (χ3v) is 9.22. The van der Waals surface area contributed by atoms with Gasteiger partial charge in [0, 0.05) is 60.3 Å². The van der Waals surface area contributed by atoms with Gasteiger partial charge in [0.2, 0.25) is 0 Å². The van der Waals surface area contributed by atoms with Crippen LogP contribution in [0.1, 0.15) is 49.7 Å². The number of benzene rings is 1. The van der Waals surface area contributed by atoms with E-state index < -0.39 is 0 Å². The molecule has 194 valence electrons. The van der Waals surface area contributed by atoms with Crippen LogP contribution in [0.2, 0.25) is 5.02 Å². The smallest absolute Gasteiger partial charge is 0.147 e.